The summed E-state index contributed by atoms with van der Waals surface area (Å²) < 4.78 is 10.9. The number of fused-ring (bicyclic) bond motifs is 3. The average Bonchev–Trinajstić information content (AvgIpc) is 3.51. The number of hydrogen-bond donors (Lipinski definition) is 3. The number of methoxy groups -OCH3 is 2. The van der Waals surface area contributed by atoms with Gasteiger partial charge >= 0.3 is 0 Å². The maximum atomic E-state index is 13.1. The molecule has 2 atom stereocenters. The van der Waals surface area contributed by atoms with E-state index in [0.29, 0.717) is 23.2 Å². The summed E-state index contributed by atoms with van der Waals surface area (Å²) in [6.45, 7) is 5.22. The van der Waals surface area contributed by atoms with Crippen LogP contribution in [0.15, 0.2) is 58.8 Å². The molecule has 3 heterocycles. The second kappa shape index (κ2) is 9.35. The van der Waals surface area contributed by atoms with Gasteiger partial charge in [0.2, 0.25) is 5.91 Å². The number of carbonyl (C=O) groups excluding carboxylic acids is 1. The zero-order valence-electron chi connectivity index (χ0n) is 21.6. The third kappa shape index (κ3) is 3.99. The molecular weight excluding hydrogens is 496 g/mol. The number of aromatic amines is 1. The number of carbonyl (C=O) groups is 1. The zero-order chi connectivity index (χ0) is 27.1. The number of allylic oxidation sites excluding steroid dienone is 1. The standard InChI is InChI=1S/C28H26N8O3/c1-15(12-30-14-29-2)24-31-13-23(39-4)26(33-24)34-25-18-7-5-16(9-22(18)35-36-25)20-11-28(20)19-10-17(38-3)6-8-21(19)32-27(28)37/h5-10,12-14,20H,2,11H2,1,3-4H3,(H,32,37)(H2,31,33,34,35,36)/b15-12+,30-14?/t20-,28-/m0/s1. The largest absolute Gasteiger partial charge is 0.497 e. The highest BCUT2D eigenvalue weighted by Crippen LogP contribution is 2.65. The molecule has 1 fully saturated rings. The van der Waals surface area contributed by atoms with Crippen molar-refractivity contribution in [1.82, 2.24) is 20.2 Å². The summed E-state index contributed by atoms with van der Waals surface area (Å²) in [6, 6.07) is 11.8. The lowest BCUT2D eigenvalue weighted by molar-refractivity contribution is -0.118. The molecule has 0 unspecified atom stereocenters. The number of aliphatic imine (C=N–C) groups is 2. The van der Waals surface area contributed by atoms with Crippen molar-refractivity contribution in [3.05, 3.63) is 65.7 Å². The Morgan fingerprint density at radius 2 is 2.08 bits per heavy atom. The zero-order valence-corrected chi connectivity index (χ0v) is 21.6. The summed E-state index contributed by atoms with van der Waals surface area (Å²) >= 11 is 0. The number of anilines is 3. The van der Waals surface area contributed by atoms with Crippen molar-refractivity contribution >= 4 is 52.8 Å². The Balaban J connectivity index is 1.29. The van der Waals surface area contributed by atoms with Gasteiger partial charge in [0.25, 0.3) is 0 Å². The Bertz CT molecular complexity index is 1690. The molecule has 1 spiro atoms. The highest BCUT2D eigenvalue weighted by atomic mass is 16.5. The van der Waals surface area contributed by atoms with Gasteiger partial charge in [-0.15, -0.1) is 0 Å². The molecule has 2 aromatic carbocycles. The minimum absolute atomic E-state index is 0.0327. The van der Waals surface area contributed by atoms with Crippen LogP contribution in [0.25, 0.3) is 16.5 Å². The van der Waals surface area contributed by atoms with E-state index < -0.39 is 5.41 Å². The lowest BCUT2D eigenvalue weighted by Gasteiger charge is -2.11. The molecule has 0 saturated heterocycles. The molecule has 0 radical (unpaired) electrons. The number of benzene rings is 2. The van der Waals surface area contributed by atoms with E-state index in [1.54, 1.807) is 26.6 Å². The number of nitrogens with zero attached hydrogens (tertiary/aromatic N) is 5. The van der Waals surface area contributed by atoms with Crippen molar-refractivity contribution in [1.29, 1.82) is 0 Å². The molecule has 39 heavy (non-hydrogen) atoms. The van der Waals surface area contributed by atoms with E-state index in [1.807, 2.05) is 31.2 Å². The van der Waals surface area contributed by atoms with Gasteiger partial charge in [-0.3, -0.25) is 14.9 Å². The first kappa shape index (κ1) is 24.3. The number of nitrogens with one attached hydrogen (secondary N) is 3. The van der Waals surface area contributed by atoms with Crippen molar-refractivity contribution in [2.75, 3.05) is 24.9 Å². The Hall–Kier alpha value is -5.06. The topological polar surface area (TPSA) is 139 Å². The average molecular weight is 523 g/mol. The quantitative estimate of drug-likeness (QED) is 0.227. The van der Waals surface area contributed by atoms with E-state index in [-0.39, 0.29) is 11.8 Å². The van der Waals surface area contributed by atoms with E-state index in [2.05, 4.69) is 59.6 Å². The molecule has 196 valence electrons. The molecule has 11 nitrogen and oxygen atoms in total. The third-order valence-corrected chi connectivity index (χ3v) is 7.29. The second-order valence-corrected chi connectivity index (χ2v) is 9.47. The maximum Gasteiger partial charge on any atom is 0.235 e. The maximum absolute atomic E-state index is 13.1. The molecule has 1 amide bonds. The van der Waals surface area contributed by atoms with Crippen molar-refractivity contribution < 1.29 is 14.3 Å². The monoisotopic (exact) mass is 522 g/mol. The molecule has 3 N–H and O–H groups in total. The van der Waals surface area contributed by atoms with E-state index in [0.717, 1.165) is 45.5 Å². The predicted octanol–water partition coefficient (Wildman–Crippen LogP) is 4.58. The number of ether oxygens (including phenoxy) is 2. The van der Waals surface area contributed by atoms with Crippen LogP contribution >= 0.6 is 0 Å². The Morgan fingerprint density at radius 3 is 2.87 bits per heavy atom. The lowest BCUT2D eigenvalue weighted by Crippen LogP contribution is -2.21. The Labute approximate surface area is 224 Å². The van der Waals surface area contributed by atoms with Gasteiger partial charge in [-0.25, -0.2) is 15.0 Å². The minimum Gasteiger partial charge on any atom is -0.497 e. The summed E-state index contributed by atoms with van der Waals surface area (Å²) in [5.74, 6) is 2.84. The Morgan fingerprint density at radius 1 is 1.21 bits per heavy atom. The molecular formula is C28H26N8O3. The first-order valence-electron chi connectivity index (χ1n) is 12.3. The molecule has 6 rings (SSSR count). The van der Waals surface area contributed by atoms with E-state index in [9.17, 15) is 4.79 Å². The number of rotatable bonds is 8. The summed E-state index contributed by atoms with van der Waals surface area (Å²) in [5.41, 5.74) is 3.93. The van der Waals surface area contributed by atoms with Gasteiger partial charge in [-0.1, -0.05) is 6.07 Å². The summed E-state index contributed by atoms with van der Waals surface area (Å²) in [6.07, 6.45) is 5.28. The first-order chi connectivity index (χ1) is 19.0. The molecule has 4 aromatic rings. The van der Waals surface area contributed by atoms with Crippen LogP contribution in [0.5, 0.6) is 11.5 Å². The van der Waals surface area contributed by atoms with Crippen molar-refractivity contribution in [2.45, 2.75) is 24.7 Å². The van der Waals surface area contributed by atoms with Crippen LogP contribution in [0.4, 0.5) is 17.3 Å². The third-order valence-electron chi connectivity index (χ3n) is 7.29. The highest BCUT2D eigenvalue weighted by molar-refractivity contribution is 6.10. The molecule has 1 saturated carbocycles. The van der Waals surface area contributed by atoms with Gasteiger partial charge in [-0.2, -0.15) is 5.10 Å². The normalized spacial score (nSPS) is 19.8. The molecule has 1 aliphatic carbocycles. The van der Waals surface area contributed by atoms with Crippen LogP contribution in [0.1, 0.15) is 36.2 Å². The van der Waals surface area contributed by atoms with Crippen LogP contribution in [0.3, 0.4) is 0 Å². The van der Waals surface area contributed by atoms with Crippen LogP contribution in [-0.2, 0) is 10.2 Å². The van der Waals surface area contributed by atoms with E-state index in [1.165, 1.54) is 6.34 Å². The highest BCUT2D eigenvalue weighted by Gasteiger charge is 2.65. The number of hydrogen-bond acceptors (Lipinski definition) is 8. The van der Waals surface area contributed by atoms with E-state index >= 15 is 0 Å². The number of amides is 1. The molecule has 0 bridgehead atoms. The van der Waals surface area contributed by atoms with Crippen molar-refractivity contribution in [3.8, 4) is 11.5 Å². The SMILES string of the molecule is C=NC=N/C=C(\C)c1ncc(OC)c(Nc2n[nH]c3cc([C@@H]4C[C@@]45C(=O)Nc4ccc(OC)cc45)ccc23)n1. The molecule has 1 aliphatic heterocycles. The summed E-state index contributed by atoms with van der Waals surface area (Å²) in [7, 11) is 3.19. The van der Waals surface area contributed by atoms with Gasteiger partial charge in [-0.05, 0) is 61.5 Å². The van der Waals surface area contributed by atoms with Crippen LogP contribution in [0, 0.1) is 0 Å². The summed E-state index contributed by atoms with van der Waals surface area (Å²) in [4.78, 5) is 29.6. The van der Waals surface area contributed by atoms with Crippen molar-refractivity contribution in [2.24, 2.45) is 9.98 Å². The van der Waals surface area contributed by atoms with Crippen molar-refractivity contribution in [3.63, 3.8) is 0 Å². The fourth-order valence-electron chi connectivity index (χ4n) is 5.21. The lowest BCUT2D eigenvalue weighted by atomic mass is 9.91. The second-order valence-electron chi connectivity index (χ2n) is 9.47. The van der Waals surface area contributed by atoms with Gasteiger partial charge in [0, 0.05) is 28.8 Å². The molecule has 2 aromatic heterocycles. The predicted molar refractivity (Wildman–Crippen MR) is 150 cm³/mol. The minimum atomic E-state index is -0.569. The fraction of sp³-hybridized carbons (Fsp3) is 0.214. The Kier molecular flexibility index (Phi) is 5.82. The first-order valence-corrected chi connectivity index (χ1v) is 12.3. The van der Waals surface area contributed by atoms with Gasteiger partial charge in [0.05, 0.1) is 31.3 Å². The van der Waals surface area contributed by atoms with Gasteiger partial charge in [0.15, 0.2) is 23.2 Å². The van der Waals surface area contributed by atoms with Crippen LogP contribution < -0.4 is 20.1 Å². The number of H-pyrrole nitrogens is 1. The van der Waals surface area contributed by atoms with Gasteiger partial charge < -0.3 is 20.1 Å². The van der Waals surface area contributed by atoms with Crippen LogP contribution in [-0.4, -0.2) is 53.3 Å². The van der Waals surface area contributed by atoms with E-state index in [4.69, 9.17) is 9.47 Å². The molecule has 2 aliphatic rings. The van der Waals surface area contributed by atoms with Crippen LogP contribution in [0.2, 0.25) is 0 Å². The molecule has 11 heteroatoms. The summed E-state index contributed by atoms with van der Waals surface area (Å²) in [5, 5.41) is 14.8. The number of aromatic nitrogens is 4. The fourth-order valence-corrected chi connectivity index (χ4v) is 5.21. The smallest absolute Gasteiger partial charge is 0.235 e. The van der Waals surface area contributed by atoms with Gasteiger partial charge in [0.1, 0.15) is 12.1 Å².